The summed E-state index contributed by atoms with van der Waals surface area (Å²) < 4.78 is 8.48. The van der Waals surface area contributed by atoms with Crippen LogP contribution in [0.5, 0.6) is 0 Å². The summed E-state index contributed by atoms with van der Waals surface area (Å²) in [6, 6.07) is 0. The largest absolute Gasteiger partial charge is 0.479 e. The Labute approximate surface area is 98.3 Å². The van der Waals surface area contributed by atoms with Crippen LogP contribution >= 0.6 is 0 Å². The van der Waals surface area contributed by atoms with E-state index >= 15 is 0 Å². The van der Waals surface area contributed by atoms with Crippen LogP contribution in [-0.4, -0.2) is 68.7 Å². The van der Waals surface area contributed by atoms with E-state index in [4.69, 9.17) is 20.4 Å². The number of epoxide rings is 2. The standard InChI is InChI=1S/2C4H4O5/c2*5-3(6)1-2(9-1)4(7)8/h2*1-2H,(H,5,6)(H,7,8). The molecule has 4 atom stereocenters. The van der Waals surface area contributed by atoms with E-state index in [1.54, 1.807) is 0 Å². The number of carboxylic acids is 4. The summed E-state index contributed by atoms with van der Waals surface area (Å²) >= 11 is 0. The molecular formula is C8H8O10. The van der Waals surface area contributed by atoms with E-state index in [1.165, 1.54) is 0 Å². The molecule has 2 fully saturated rings. The fraction of sp³-hybridized carbons (Fsp3) is 0.500. The molecule has 2 aliphatic heterocycles. The minimum Gasteiger partial charge on any atom is -0.479 e. The van der Waals surface area contributed by atoms with Gasteiger partial charge in [0, 0.05) is 0 Å². The molecule has 0 spiro atoms. The fourth-order valence-electron chi connectivity index (χ4n) is 0.976. The van der Waals surface area contributed by atoms with Gasteiger partial charge in [0.2, 0.25) is 0 Å². The molecular weight excluding hydrogens is 256 g/mol. The van der Waals surface area contributed by atoms with Crippen molar-refractivity contribution in [3.63, 3.8) is 0 Å². The molecule has 18 heavy (non-hydrogen) atoms. The molecule has 0 saturated carbocycles. The van der Waals surface area contributed by atoms with Gasteiger partial charge in [0.05, 0.1) is 0 Å². The lowest BCUT2D eigenvalue weighted by molar-refractivity contribution is -0.140. The van der Waals surface area contributed by atoms with Crippen molar-refractivity contribution in [1.29, 1.82) is 0 Å². The Hall–Kier alpha value is -2.20. The van der Waals surface area contributed by atoms with Crippen LogP contribution in [0.3, 0.4) is 0 Å². The predicted molar refractivity (Wildman–Crippen MR) is 47.9 cm³/mol. The minimum absolute atomic E-state index is 1.12. The van der Waals surface area contributed by atoms with Crippen molar-refractivity contribution >= 4 is 23.9 Å². The average molecular weight is 264 g/mol. The highest BCUT2D eigenvalue weighted by molar-refractivity contribution is 5.88. The van der Waals surface area contributed by atoms with Crippen molar-refractivity contribution in [1.82, 2.24) is 0 Å². The third kappa shape index (κ3) is 3.40. The molecule has 0 aromatic carbocycles. The number of rotatable bonds is 4. The molecule has 2 saturated heterocycles. The van der Waals surface area contributed by atoms with Crippen LogP contribution in [-0.2, 0) is 28.7 Å². The number of hydrogen-bond donors (Lipinski definition) is 4. The van der Waals surface area contributed by atoms with Crippen LogP contribution in [0.4, 0.5) is 0 Å². The Morgan fingerprint density at radius 3 is 0.778 bits per heavy atom. The maximum Gasteiger partial charge on any atom is 0.336 e. The Morgan fingerprint density at radius 2 is 0.722 bits per heavy atom. The van der Waals surface area contributed by atoms with Crippen molar-refractivity contribution in [3.8, 4) is 0 Å². The van der Waals surface area contributed by atoms with Gasteiger partial charge in [0.15, 0.2) is 24.4 Å². The summed E-state index contributed by atoms with van der Waals surface area (Å²) in [5.74, 6) is -4.88. The maximum atomic E-state index is 9.89. The van der Waals surface area contributed by atoms with E-state index in [2.05, 4.69) is 9.47 Å². The van der Waals surface area contributed by atoms with E-state index in [0.29, 0.717) is 0 Å². The number of hydrogen-bond acceptors (Lipinski definition) is 6. The molecule has 4 N–H and O–H groups in total. The van der Waals surface area contributed by atoms with Gasteiger partial charge in [0.1, 0.15) is 0 Å². The average Bonchev–Trinajstić information content (AvgIpc) is 3.12. The van der Waals surface area contributed by atoms with Gasteiger partial charge in [-0.1, -0.05) is 0 Å². The lowest BCUT2D eigenvalue weighted by Crippen LogP contribution is -2.14. The second-order valence-corrected chi connectivity index (χ2v) is 3.31. The molecule has 0 amide bonds. The Bertz CT molecular complexity index is 327. The van der Waals surface area contributed by atoms with Gasteiger partial charge < -0.3 is 29.9 Å². The van der Waals surface area contributed by atoms with E-state index in [1.807, 2.05) is 0 Å². The van der Waals surface area contributed by atoms with Gasteiger partial charge in [0.25, 0.3) is 0 Å². The third-order valence-corrected chi connectivity index (χ3v) is 1.96. The molecule has 0 bridgehead atoms. The third-order valence-electron chi connectivity index (χ3n) is 1.96. The summed E-state index contributed by atoms with van der Waals surface area (Å²) in [4.78, 5) is 39.6. The second-order valence-electron chi connectivity index (χ2n) is 3.31. The summed E-state index contributed by atoms with van der Waals surface area (Å²) in [6.45, 7) is 0. The number of carbonyl (C=O) groups is 4. The van der Waals surface area contributed by atoms with Crippen LogP contribution < -0.4 is 0 Å². The monoisotopic (exact) mass is 264 g/mol. The Balaban J connectivity index is 0.000000180. The molecule has 2 rings (SSSR count). The second kappa shape index (κ2) is 4.98. The molecule has 100 valence electrons. The maximum absolute atomic E-state index is 9.89. The molecule has 2 aliphatic rings. The van der Waals surface area contributed by atoms with Crippen LogP contribution in [0.25, 0.3) is 0 Å². The topological polar surface area (TPSA) is 174 Å². The molecule has 0 radical (unpaired) electrons. The summed E-state index contributed by atoms with van der Waals surface area (Å²) in [5, 5.41) is 32.3. The summed E-state index contributed by atoms with van der Waals surface area (Å²) in [5.41, 5.74) is 0. The first-order chi connectivity index (χ1) is 8.25. The Kier molecular flexibility index (Phi) is 3.83. The smallest absolute Gasteiger partial charge is 0.336 e. The normalized spacial score (nSPS) is 31.6. The molecule has 10 heteroatoms. The van der Waals surface area contributed by atoms with Gasteiger partial charge in [-0.3, -0.25) is 0 Å². The molecule has 4 unspecified atom stereocenters. The quantitative estimate of drug-likeness (QED) is 0.409. The highest BCUT2D eigenvalue weighted by Crippen LogP contribution is 2.22. The molecule has 0 aromatic rings. The number of carboxylic acid groups (broad SMARTS) is 4. The lowest BCUT2D eigenvalue weighted by atomic mass is 10.3. The van der Waals surface area contributed by atoms with E-state index in [0.717, 1.165) is 0 Å². The SMILES string of the molecule is O=C(O)C1OC1C(=O)O.O=C(O)C1OC1C(=O)O. The van der Waals surface area contributed by atoms with Gasteiger partial charge in [-0.15, -0.1) is 0 Å². The zero-order valence-corrected chi connectivity index (χ0v) is 8.55. The van der Waals surface area contributed by atoms with Crippen LogP contribution in [0, 0.1) is 0 Å². The zero-order valence-electron chi connectivity index (χ0n) is 8.55. The van der Waals surface area contributed by atoms with Crippen molar-refractivity contribution in [2.24, 2.45) is 0 Å². The molecule has 0 aromatic heterocycles. The molecule has 0 aliphatic carbocycles. The fourth-order valence-corrected chi connectivity index (χ4v) is 0.976. The van der Waals surface area contributed by atoms with Gasteiger partial charge in [-0.2, -0.15) is 0 Å². The van der Waals surface area contributed by atoms with Crippen molar-refractivity contribution in [3.05, 3.63) is 0 Å². The first kappa shape index (κ1) is 13.9. The number of ether oxygens (including phenoxy) is 2. The molecule has 2 heterocycles. The first-order valence-corrected chi connectivity index (χ1v) is 4.48. The highest BCUT2D eigenvalue weighted by Gasteiger charge is 2.51. The lowest BCUT2D eigenvalue weighted by Gasteiger charge is -1.78. The highest BCUT2D eigenvalue weighted by atomic mass is 16.6. The van der Waals surface area contributed by atoms with E-state index in [-0.39, 0.29) is 0 Å². The van der Waals surface area contributed by atoms with Gasteiger partial charge in [-0.05, 0) is 0 Å². The predicted octanol–water partition coefficient (Wildman–Crippen LogP) is -2.15. The first-order valence-electron chi connectivity index (χ1n) is 4.48. The van der Waals surface area contributed by atoms with E-state index < -0.39 is 48.3 Å². The Morgan fingerprint density at radius 1 is 0.556 bits per heavy atom. The van der Waals surface area contributed by atoms with Crippen molar-refractivity contribution in [2.75, 3.05) is 0 Å². The summed E-state index contributed by atoms with van der Waals surface area (Å²) in [6.07, 6.45) is -4.49. The van der Waals surface area contributed by atoms with Crippen LogP contribution in [0.15, 0.2) is 0 Å². The van der Waals surface area contributed by atoms with Gasteiger partial charge in [-0.25, -0.2) is 19.2 Å². The van der Waals surface area contributed by atoms with Gasteiger partial charge >= 0.3 is 23.9 Å². The van der Waals surface area contributed by atoms with E-state index in [9.17, 15) is 19.2 Å². The minimum atomic E-state index is -1.22. The van der Waals surface area contributed by atoms with Crippen molar-refractivity contribution < 1.29 is 49.1 Å². The van der Waals surface area contributed by atoms with Crippen molar-refractivity contribution in [2.45, 2.75) is 24.4 Å². The van der Waals surface area contributed by atoms with Crippen LogP contribution in [0.1, 0.15) is 0 Å². The molecule has 10 nitrogen and oxygen atoms in total. The summed E-state index contributed by atoms with van der Waals surface area (Å²) in [7, 11) is 0. The zero-order chi connectivity index (χ0) is 14.0. The number of aliphatic carboxylic acids is 4. The van der Waals surface area contributed by atoms with Crippen LogP contribution in [0.2, 0.25) is 0 Å².